The number of fused-ring (bicyclic) bond motifs is 9. The molecule has 8 rings (SSSR count). The molecule has 2 aromatic rings. The quantitative estimate of drug-likeness (QED) is 0.398. The molecule has 4 nitrogen and oxygen atoms in total. The maximum Gasteiger partial charge on any atom is 0.187 e. The lowest BCUT2D eigenvalue weighted by atomic mass is 9.47. The second-order valence-corrected chi connectivity index (χ2v) is 15.6. The molecule has 0 unspecified atom stereocenters. The average Bonchev–Trinajstić information content (AvgIpc) is 3.55. The number of anilines is 2. The fourth-order valence-corrected chi connectivity index (χ4v) is 11.8. The fourth-order valence-electron chi connectivity index (χ4n) is 10.6. The zero-order valence-electron chi connectivity index (χ0n) is 24.3. The van der Waals surface area contributed by atoms with Gasteiger partial charge < -0.3 is 14.8 Å². The van der Waals surface area contributed by atoms with Gasteiger partial charge in [-0.3, -0.25) is 0 Å². The van der Waals surface area contributed by atoms with Crippen molar-refractivity contribution in [1.29, 1.82) is 0 Å². The van der Waals surface area contributed by atoms with Crippen LogP contribution in [0.1, 0.15) is 83.2 Å². The van der Waals surface area contributed by atoms with Gasteiger partial charge in [-0.15, -0.1) is 0 Å². The average molecular weight is 563 g/mol. The van der Waals surface area contributed by atoms with Crippen LogP contribution < -0.4 is 5.32 Å². The minimum absolute atomic E-state index is 0.202. The first-order chi connectivity index (χ1) is 19.2. The molecular formula is C34H43FN2O2S. The molecule has 0 radical (unpaired) electrons. The predicted molar refractivity (Wildman–Crippen MR) is 158 cm³/mol. The summed E-state index contributed by atoms with van der Waals surface area (Å²) in [7, 11) is 0. The molecule has 2 saturated heterocycles. The van der Waals surface area contributed by atoms with Crippen molar-refractivity contribution in [2.24, 2.45) is 46.3 Å². The number of nitrogens with zero attached hydrogens (tertiary/aromatic N) is 1. The van der Waals surface area contributed by atoms with Crippen LogP contribution in [0.15, 0.2) is 30.3 Å². The highest BCUT2D eigenvalue weighted by Crippen LogP contribution is 2.71. The van der Waals surface area contributed by atoms with Crippen molar-refractivity contribution < 1.29 is 13.9 Å². The molecule has 40 heavy (non-hydrogen) atoms. The number of benzene rings is 1. The van der Waals surface area contributed by atoms with Crippen molar-refractivity contribution >= 4 is 27.7 Å². The molecule has 1 N–H and O–H groups in total. The standard InChI is InChI=1S/C34H43FN2O2S/c1-19-10-15-34(38-18-19)20(2)29-28(39-34)17-26-23-8-9-25-30-27(12-14-32(25,3)24(23)11-13-33(26,29)4)37-31(40-30)36-22-7-5-6-21(35)16-22/h5-7,9,16,19-20,23-24,26,28-29H,8,10-15,17-18H2,1-4H3,(H,36,37)/t19-,20+,23-,24+,26+,28+,29+,32-,33+,34-/m1/s1. The minimum Gasteiger partial charge on any atom is -0.349 e. The third-order valence-corrected chi connectivity index (χ3v) is 13.7. The van der Waals surface area contributed by atoms with Crippen LogP contribution in [-0.4, -0.2) is 23.5 Å². The Balaban J connectivity index is 1.07. The molecule has 1 aromatic heterocycles. The van der Waals surface area contributed by atoms with E-state index in [0.717, 1.165) is 48.0 Å². The van der Waals surface area contributed by atoms with Crippen LogP contribution in [0.25, 0.3) is 5.57 Å². The lowest BCUT2D eigenvalue weighted by Gasteiger charge is -2.57. The van der Waals surface area contributed by atoms with E-state index >= 15 is 0 Å². The summed E-state index contributed by atoms with van der Waals surface area (Å²) in [4.78, 5) is 6.34. The molecule has 2 saturated carbocycles. The monoisotopic (exact) mass is 562 g/mol. The van der Waals surface area contributed by atoms with Gasteiger partial charge in [0.1, 0.15) is 5.82 Å². The molecule has 214 valence electrons. The van der Waals surface area contributed by atoms with Gasteiger partial charge in [-0.1, -0.05) is 51.2 Å². The van der Waals surface area contributed by atoms with Crippen LogP contribution in [0.4, 0.5) is 15.2 Å². The van der Waals surface area contributed by atoms with Crippen LogP contribution in [0.3, 0.4) is 0 Å². The van der Waals surface area contributed by atoms with Crippen LogP contribution in [0.5, 0.6) is 0 Å². The van der Waals surface area contributed by atoms with E-state index in [1.165, 1.54) is 66.8 Å². The van der Waals surface area contributed by atoms with Crippen molar-refractivity contribution in [3.8, 4) is 0 Å². The Kier molecular flexibility index (Phi) is 5.75. The maximum absolute atomic E-state index is 13.8. The third-order valence-electron chi connectivity index (χ3n) is 12.6. The summed E-state index contributed by atoms with van der Waals surface area (Å²) in [5.41, 5.74) is 4.06. The zero-order chi connectivity index (χ0) is 27.4. The Morgan fingerprint density at radius 2 is 1.98 bits per heavy atom. The SMILES string of the molecule is C[C@@H]1CC[C@@]2(OC1)O[C@H]1C[C@H]3[C@@H]4CC=C5c6sc(Nc7cccc(F)c7)nc6CC[C@]5(C)[C@H]4CC[C@]3(C)[C@H]1[C@@H]2C. The molecule has 4 fully saturated rings. The van der Waals surface area contributed by atoms with E-state index in [1.807, 2.05) is 6.07 Å². The highest BCUT2D eigenvalue weighted by atomic mass is 32.1. The van der Waals surface area contributed by atoms with Gasteiger partial charge in [0, 0.05) is 18.0 Å². The van der Waals surface area contributed by atoms with Crippen molar-refractivity contribution in [2.75, 3.05) is 11.9 Å². The number of ether oxygens (including phenoxy) is 2. The van der Waals surface area contributed by atoms with Gasteiger partial charge in [0.25, 0.3) is 0 Å². The van der Waals surface area contributed by atoms with Gasteiger partial charge in [-0.25, -0.2) is 9.37 Å². The minimum atomic E-state index is -0.332. The van der Waals surface area contributed by atoms with E-state index in [9.17, 15) is 4.39 Å². The lowest BCUT2D eigenvalue weighted by molar-refractivity contribution is -0.272. The van der Waals surface area contributed by atoms with Gasteiger partial charge in [-0.05, 0) is 109 Å². The molecule has 1 spiro atoms. The topological polar surface area (TPSA) is 43.4 Å². The van der Waals surface area contributed by atoms with Gasteiger partial charge in [0.05, 0.1) is 23.3 Å². The number of aryl methyl sites for hydroxylation is 1. The number of aromatic nitrogens is 1. The van der Waals surface area contributed by atoms with Crippen LogP contribution >= 0.6 is 11.3 Å². The highest BCUT2D eigenvalue weighted by molar-refractivity contribution is 7.16. The maximum atomic E-state index is 13.8. The molecule has 6 aliphatic rings. The Morgan fingerprint density at radius 3 is 2.77 bits per heavy atom. The number of hydrogen-bond acceptors (Lipinski definition) is 5. The molecule has 3 heterocycles. The number of halogens is 1. The highest BCUT2D eigenvalue weighted by Gasteiger charge is 2.68. The van der Waals surface area contributed by atoms with Gasteiger partial charge in [0.2, 0.25) is 0 Å². The largest absolute Gasteiger partial charge is 0.349 e. The Bertz CT molecular complexity index is 1360. The Hall–Kier alpha value is -1.76. The molecule has 10 atom stereocenters. The summed E-state index contributed by atoms with van der Waals surface area (Å²) in [6.07, 6.45) is 12.4. The van der Waals surface area contributed by atoms with E-state index in [2.05, 4.69) is 39.1 Å². The van der Waals surface area contributed by atoms with Crippen molar-refractivity contribution in [2.45, 2.75) is 91.0 Å². The number of rotatable bonds is 2. The predicted octanol–water partition coefficient (Wildman–Crippen LogP) is 8.61. The van der Waals surface area contributed by atoms with Crippen molar-refractivity contribution in [1.82, 2.24) is 4.98 Å². The molecular weight excluding hydrogens is 519 g/mol. The van der Waals surface area contributed by atoms with Crippen LogP contribution in [0, 0.1) is 52.2 Å². The molecule has 4 aliphatic carbocycles. The number of hydrogen-bond donors (Lipinski definition) is 1. The van der Waals surface area contributed by atoms with Gasteiger partial charge in [-0.2, -0.15) is 0 Å². The molecule has 0 amide bonds. The summed E-state index contributed by atoms with van der Waals surface area (Å²) in [6, 6.07) is 6.67. The zero-order valence-corrected chi connectivity index (χ0v) is 25.2. The number of allylic oxidation sites excluding steroid dienone is 2. The first-order valence-corrected chi connectivity index (χ1v) is 16.6. The summed E-state index contributed by atoms with van der Waals surface area (Å²) < 4.78 is 27.3. The summed E-state index contributed by atoms with van der Waals surface area (Å²) >= 11 is 1.76. The summed E-state index contributed by atoms with van der Waals surface area (Å²) in [6.45, 7) is 10.8. The molecule has 0 bridgehead atoms. The number of thiazole rings is 1. The second-order valence-electron chi connectivity index (χ2n) is 14.6. The third kappa shape index (κ3) is 3.57. The van der Waals surface area contributed by atoms with E-state index < -0.39 is 0 Å². The van der Waals surface area contributed by atoms with E-state index in [4.69, 9.17) is 14.5 Å². The van der Waals surface area contributed by atoms with Crippen LogP contribution in [0.2, 0.25) is 0 Å². The Morgan fingerprint density at radius 1 is 1.10 bits per heavy atom. The van der Waals surface area contributed by atoms with Gasteiger partial charge >= 0.3 is 0 Å². The molecule has 6 heteroatoms. The normalized spacial score (nSPS) is 45.2. The fraction of sp³-hybridized carbons (Fsp3) is 0.676. The smallest absolute Gasteiger partial charge is 0.187 e. The Labute approximate surface area is 242 Å². The summed E-state index contributed by atoms with van der Waals surface area (Å²) in [5.74, 6) is 3.35. The van der Waals surface area contributed by atoms with E-state index in [1.54, 1.807) is 17.4 Å². The first-order valence-electron chi connectivity index (χ1n) is 15.8. The van der Waals surface area contributed by atoms with E-state index in [-0.39, 0.29) is 17.0 Å². The van der Waals surface area contributed by atoms with Crippen LogP contribution in [-0.2, 0) is 15.9 Å². The number of nitrogens with one attached hydrogen (secondary N) is 1. The second kappa shape index (κ2) is 8.87. The summed E-state index contributed by atoms with van der Waals surface area (Å²) in [5, 5.41) is 4.25. The van der Waals surface area contributed by atoms with Gasteiger partial charge in [0.15, 0.2) is 10.9 Å². The molecule has 2 aliphatic heterocycles. The van der Waals surface area contributed by atoms with Crippen molar-refractivity contribution in [3.05, 3.63) is 46.7 Å². The van der Waals surface area contributed by atoms with Crippen molar-refractivity contribution in [3.63, 3.8) is 0 Å². The first kappa shape index (κ1) is 25.9. The lowest BCUT2D eigenvalue weighted by Crippen LogP contribution is -2.51. The van der Waals surface area contributed by atoms with E-state index in [0.29, 0.717) is 29.3 Å². The molecule has 1 aromatic carbocycles.